The molecular formula is C36H52N15O23P4+. The molecule has 3 aliphatic rings. The number of hydrogen-bond donors (Lipinski definition) is 12. The molecule has 9 rings (SSSR count). The van der Waals surface area contributed by atoms with Gasteiger partial charge < -0.3 is 80.3 Å². The Balaban J connectivity index is 0.847. The van der Waals surface area contributed by atoms with E-state index in [1.807, 2.05) is 0 Å². The SMILES string of the molecule is COC[C@H]1[C@@H](O)[C@H](n2c[n+](C)c3c(=O)[nH]c(N)nc32)O[C@@H]1COP(=O)(O)OP(=O)(O)CCP(=O)(O)OC[C@H]1O[C@@H](n2cnc3c(N)ncnc32)[C@H](OC)[C@@H]1OP(=O)(O)OC[C@H]1O[C@@H](n2cnc3c(=O)[nH]c(N)nc32)[C@H](O)[C@@H]1O. The highest BCUT2D eigenvalue weighted by molar-refractivity contribution is 7.64. The number of nitrogens with zero attached hydrogens (tertiary/aromatic N) is 10. The molecule has 9 heterocycles. The molecule has 0 aliphatic carbocycles. The van der Waals surface area contributed by atoms with Gasteiger partial charge in [0.2, 0.25) is 24.5 Å². The number of nitrogen functional groups attached to an aromatic ring is 3. The molecule has 0 aromatic carbocycles. The zero-order valence-electron chi connectivity index (χ0n) is 40.6. The van der Waals surface area contributed by atoms with Crippen LogP contribution in [0.25, 0.3) is 33.5 Å². The number of aliphatic hydroxyl groups is 3. The van der Waals surface area contributed by atoms with Crippen LogP contribution in [0.1, 0.15) is 18.7 Å². The van der Waals surface area contributed by atoms with E-state index < -0.39 is 148 Å². The van der Waals surface area contributed by atoms with Gasteiger partial charge >= 0.3 is 36.4 Å². The van der Waals surface area contributed by atoms with Gasteiger partial charge in [-0.1, -0.05) is 0 Å². The third kappa shape index (κ3) is 11.7. The Bertz CT molecular complexity index is 3530. The Hall–Kier alpha value is -5.11. The fourth-order valence-corrected chi connectivity index (χ4v) is 14.6. The van der Waals surface area contributed by atoms with Crippen LogP contribution in [-0.2, 0) is 71.4 Å². The fraction of sp³-hybridized carbons (Fsp3) is 0.583. The number of phosphoric ester groups is 2. The average Bonchev–Trinajstić information content (AvgIpc) is 4.31. The molecule has 3 aliphatic heterocycles. The number of nitrogens with one attached hydrogen (secondary N) is 2. The van der Waals surface area contributed by atoms with E-state index in [-0.39, 0.29) is 57.8 Å². The Morgan fingerprint density at radius 1 is 0.654 bits per heavy atom. The van der Waals surface area contributed by atoms with Gasteiger partial charge in [0.1, 0.15) is 54.6 Å². The van der Waals surface area contributed by atoms with Gasteiger partial charge in [-0.05, 0) is 0 Å². The van der Waals surface area contributed by atoms with Crippen molar-refractivity contribution in [2.24, 2.45) is 13.0 Å². The highest BCUT2D eigenvalue weighted by Gasteiger charge is 2.53. The lowest BCUT2D eigenvalue weighted by molar-refractivity contribution is -0.646. The average molecular weight is 1190 g/mol. The van der Waals surface area contributed by atoms with Gasteiger partial charge in [-0.15, -0.1) is 0 Å². The number of aryl methyl sites for hydroxylation is 1. The van der Waals surface area contributed by atoms with Gasteiger partial charge in [-0.2, -0.15) is 14.5 Å². The Labute approximate surface area is 435 Å². The molecule has 0 radical (unpaired) electrons. The van der Waals surface area contributed by atoms with E-state index in [0.717, 1.165) is 24.3 Å². The summed E-state index contributed by atoms with van der Waals surface area (Å²) in [4.78, 5) is 97.0. The summed E-state index contributed by atoms with van der Waals surface area (Å²) in [5, 5.41) is 33.1. The first-order valence-electron chi connectivity index (χ1n) is 22.8. The van der Waals surface area contributed by atoms with Gasteiger partial charge in [-0.3, -0.25) is 51.4 Å². The second kappa shape index (κ2) is 22.1. The van der Waals surface area contributed by atoms with Crippen molar-refractivity contribution in [1.82, 2.24) is 53.6 Å². The summed E-state index contributed by atoms with van der Waals surface area (Å²) in [7, 11) is -17.3. The number of H-pyrrole nitrogens is 2. The lowest BCUT2D eigenvalue weighted by Crippen LogP contribution is -2.38. The minimum absolute atomic E-state index is 0.0145. The third-order valence-corrected chi connectivity index (χ3v) is 18.4. The van der Waals surface area contributed by atoms with E-state index in [9.17, 15) is 62.7 Å². The third-order valence-electron chi connectivity index (χ3n) is 12.6. The number of rotatable bonds is 22. The topological polar surface area (TPSA) is 542 Å². The summed E-state index contributed by atoms with van der Waals surface area (Å²) in [6.45, 7) is -2.98. The zero-order valence-corrected chi connectivity index (χ0v) is 44.2. The minimum Gasteiger partial charge on any atom is -0.387 e. The highest BCUT2D eigenvalue weighted by atomic mass is 31.3. The van der Waals surface area contributed by atoms with E-state index in [1.54, 1.807) is 0 Å². The zero-order chi connectivity index (χ0) is 56.4. The Morgan fingerprint density at radius 3 is 1.95 bits per heavy atom. The summed E-state index contributed by atoms with van der Waals surface area (Å²) < 4.78 is 113. The van der Waals surface area contributed by atoms with Crippen molar-refractivity contribution >= 4 is 82.0 Å². The number of anilines is 3. The number of aromatic amines is 2. The predicted octanol–water partition coefficient (Wildman–Crippen LogP) is -3.66. The number of ether oxygens (including phenoxy) is 5. The van der Waals surface area contributed by atoms with Gasteiger partial charge in [0, 0.05) is 20.1 Å². The van der Waals surface area contributed by atoms with E-state index in [2.05, 4.69) is 44.2 Å². The molecule has 15 N–H and O–H groups in total. The number of aliphatic hydroxyl groups excluding tert-OH is 3. The number of imidazole rings is 3. The summed E-state index contributed by atoms with van der Waals surface area (Å²) in [5.74, 6) is -1.56. The predicted molar refractivity (Wildman–Crippen MR) is 257 cm³/mol. The molecule has 3 saturated heterocycles. The molecule has 38 nitrogen and oxygen atoms in total. The largest absolute Gasteiger partial charge is 0.479 e. The molecule has 78 heavy (non-hydrogen) atoms. The van der Waals surface area contributed by atoms with Gasteiger partial charge in [0.05, 0.1) is 64.6 Å². The van der Waals surface area contributed by atoms with Crippen LogP contribution in [0.4, 0.5) is 17.7 Å². The van der Waals surface area contributed by atoms with Crippen LogP contribution in [0, 0.1) is 5.92 Å². The van der Waals surface area contributed by atoms with E-state index in [4.69, 9.17) is 59.0 Å². The first-order chi connectivity index (χ1) is 36.7. The molecule has 0 saturated carbocycles. The standard InChI is InChI=1S/C36H51N15O23P4/c1-48-13-51(29-20(48)31(56)47-36(39)45-29)32-21(52)14(6-65-2)15(70-32)7-69-78(63,64)74-76(59,60)5-4-75(57,58)67-9-17-24(25(66-3)34(72-17)49-11-42-18-26(37)40-10-41-27(18)49)73-77(61,62)68-8-16-22(53)23(54)33(71-16)50-12-43-19-28(50)44-35(38)46-30(19)55/h10-17,21-25,32-34,52-54H,4-9H2,1-3H3,(H11-,37,38,39,40,41,44,45,46,47,55,56,57,58,59,60,61,62,63,64)/p+1/t14-,15-,16-,17-,21-,22-,23-,24-,25-,32-,33-,34-/m1/s1. The number of phosphoric acid groups is 2. The van der Waals surface area contributed by atoms with Crippen LogP contribution in [0.2, 0.25) is 0 Å². The summed E-state index contributed by atoms with van der Waals surface area (Å²) >= 11 is 0. The van der Waals surface area contributed by atoms with Crippen LogP contribution in [-0.4, -0.2) is 190 Å². The van der Waals surface area contributed by atoms with Crippen molar-refractivity contribution < 1.29 is 104 Å². The molecule has 0 bridgehead atoms. The summed E-state index contributed by atoms with van der Waals surface area (Å²) in [5.41, 5.74) is 16.0. The molecule has 4 unspecified atom stereocenters. The molecule has 0 amide bonds. The Morgan fingerprint density at radius 2 is 1.24 bits per heavy atom. The van der Waals surface area contributed by atoms with Crippen molar-refractivity contribution in [1.29, 1.82) is 0 Å². The monoisotopic (exact) mass is 1190 g/mol. The van der Waals surface area contributed by atoms with Crippen LogP contribution >= 0.6 is 30.8 Å². The van der Waals surface area contributed by atoms with Crippen LogP contribution < -0.4 is 32.9 Å². The van der Waals surface area contributed by atoms with Crippen molar-refractivity contribution in [3.63, 3.8) is 0 Å². The number of fused-ring (bicyclic) bond motifs is 3. The van der Waals surface area contributed by atoms with Crippen molar-refractivity contribution in [2.45, 2.75) is 67.5 Å². The number of hydrogen-bond acceptors (Lipinski definition) is 28. The van der Waals surface area contributed by atoms with E-state index >= 15 is 0 Å². The van der Waals surface area contributed by atoms with Gasteiger partial charge in [-0.25, -0.2) is 37.9 Å². The normalized spacial score (nSPS) is 29.8. The molecular weight excluding hydrogens is 1130 g/mol. The van der Waals surface area contributed by atoms with E-state index in [1.165, 1.54) is 40.5 Å². The second-order valence-corrected chi connectivity index (χ2v) is 24.8. The first kappa shape index (κ1) is 57.6. The maximum Gasteiger partial charge on any atom is 0.479 e. The summed E-state index contributed by atoms with van der Waals surface area (Å²) in [6.07, 6.45) is -14.5. The number of methoxy groups -OCH3 is 2. The lowest BCUT2D eigenvalue weighted by Gasteiger charge is -2.26. The second-order valence-electron chi connectivity index (χ2n) is 17.8. The van der Waals surface area contributed by atoms with Gasteiger partial charge in [0.25, 0.3) is 16.7 Å². The summed E-state index contributed by atoms with van der Waals surface area (Å²) in [6, 6.07) is 0. The molecule has 42 heteroatoms. The highest BCUT2D eigenvalue weighted by Crippen LogP contribution is 2.62. The smallest absolute Gasteiger partial charge is 0.387 e. The Kier molecular flexibility index (Phi) is 16.3. The van der Waals surface area contributed by atoms with Crippen LogP contribution in [0.5, 0.6) is 0 Å². The lowest BCUT2D eigenvalue weighted by atomic mass is 9.99. The quantitative estimate of drug-likeness (QED) is 0.0230. The number of nitrogens with two attached hydrogens (primary N) is 3. The van der Waals surface area contributed by atoms with Crippen LogP contribution in [0.3, 0.4) is 0 Å². The maximum atomic E-state index is 13.7. The van der Waals surface area contributed by atoms with Crippen LogP contribution in [0.15, 0.2) is 34.9 Å². The molecule has 6 aromatic heterocycles. The van der Waals surface area contributed by atoms with Crippen molar-refractivity contribution in [3.05, 3.63) is 46.0 Å². The van der Waals surface area contributed by atoms with Gasteiger partial charge in [0.15, 0.2) is 35.1 Å². The molecule has 6 aromatic rings. The maximum absolute atomic E-state index is 13.7. The van der Waals surface area contributed by atoms with E-state index in [0.29, 0.717) is 0 Å². The molecule has 16 atom stereocenters. The number of aromatic nitrogens is 12. The molecule has 0 spiro atoms. The molecule has 3 fully saturated rings. The molecule has 428 valence electrons. The van der Waals surface area contributed by atoms with Crippen molar-refractivity contribution in [3.8, 4) is 0 Å². The fourth-order valence-electron chi connectivity index (χ4n) is 9.02. The van der Waals surface area contributed by atoms with Crippen molar-refractivity contribution in [2.75, 3.05) is 70.2 Å². The minimum atomic E-state index is -5.53. The first-order valence-corrected chi connectivity index (χ1v) is 29.3.